The number of likely N-dealkylation sites (tertiary alicyclic amines) is 1. The van der Waals surface area contributed by atoms with E-state index in [9.17, 15) is 4.79 Å². The molecule has 3 heterocycles. The number of amides is 1. The Morgan fingerprint density at radius 2 is 2.12 bits per heavy atom. The van der Waals surface area contributed by atoms with Gasteiger partial charge in [0.2, 0.25) is 5.91 Å². The molecule has 150 valence electrons. The number of nitrogens with one attached hydrogen (secondary N) is 2. The molecule has 1 amide bonds. The summed E-state index contributed by atoms with van der Waals surface area (Å²) in [4.78, 5) is 16.2. The Balaban J connectivity index is 0.00000169. The number of thiophene rings is 1. The van der Waals surface area contributed by atoms with E-state index in [2.05, 4.69) is 40.0 Å². The van der Waals surface area contributed by atoms with Crippen molar-refractivity contribution in [3.05, 3.63) is 22.4 Å². The number of nitrogens with zero attached hydrogens (tertiary/aromatic N) is 1. The minimum absolute atomic E-state index is 0. The minimum atomic E-state index is 0. The molecule has 2 saturated heterocycles. The summed E-state index contributed by atoms with van der Waals surface area (Å²) in [5.41, 5.74) is 0. The number of piperidine rings is 1. The molecule has 2 aliphatic rings. The second-order valence-electron chi connectivity index (χ2n) is 7.45. The van der Waals surface area contributed by atoms with Crippen molar-refractivity contribution in [2.24, 2.45) is 11.8 Å². The van der Waals surface area contributed by atoms with E-state index in [1.54, 1.807) is 0 Å². The summed E-state index contributed by atoms with van der Waals surface area (Å²) in [6.45, 7) is 7.58. The maximum atomic E-state index is 12.3. The van der Waals surface area contributed by atoms with Crippen LogP contribution in [0.15, 0.2) is 17.5 Å². The number of carbonyl (C=O) groups is 1. The van der Waals surface area contributed by atoms with Gasteiger partial charge in [-0.2, -0.15) is 0 Å². The van der Waals surface area contributed by atoms with Crippen LogP contribution in [0.1, 0.15) is 49.9 Å². The number of halogens is 2. The molecule has 26 heavy (non-hydrogen) atoms. The average molecular weight is 422 g/mol. The van der Waals surface area contributed by atoms with Gasteiger partial charge in [-0.15, -0.1) is 36.2 Å². The topological polar surface area (TPSA) is 44.4 Å². The van der Waals surface area contributed by atoms with Gasteiger partial charge in [-0.1, -0.05) is 13.0 Å². The highest BCUT2D eigenvalue weighted by molar-refractivity contribution is 7.10. The lowest BCUT2D eigenvalue weighted by Crippen LogP contribution is -2.41. The van der Waals surface area contributed by atoms with Gasteiger partial charge in [0.15, 0.2) is 0 Å². The van der Waals surface area contributed by atoms with E-state index in [1.807, 2.05) is 11.3 Å². The van der Waals surface area contributed by atoms with Crippen LogP contribution < -0.4 is 10.6 Å². The molecule has 3 rings (SSSR count). The summed E-state index contributed by atoms with van der Waals surface area (Å²) in [5, 5.41) is 8.73. The number of hydrogen-bond acceptors (Lipinski definition) is 4. The molecule has 2 fully saturated rings. The number of hydrogen-bond donors (Lipinski definition) is 2. The first kappa shape index (κ1) is 23.7. The lowest BCUT2D eigenvalue weighted by Gasteiger charge is -2.36. The number of carbonyl (C=O) groups excluding carboxylic acids is 1. The maximum absolute atomic E-state index is 12.3. The Labute approximate surface area is 174 Å². The molecule has 4 nitrogen and oxygen atoms in total. The molecule has 0 aliphatic carbocycles. The predicted octanol–water partition coefficient (Wildman–Crippen LogP) is 3.87. The van der Waals surface area contributed by atoms with E-state index < -0.39 is 0 Å². The van der Waals surface area contributed by atoms with Crippen molar-refractivity contribution < 1.29 is 4.79 Å². The van der Waals surface area contributed by atoms with Gasteiger partial charge in [0.25, 0.3) is 0 Å². The Morgan fingerprint density at radius 1 is 1.35 bits per heavy atom. The van der Waals surface area contributed by atoms with Crippen molar-refractivity contribution in [1.29, 1.82) is 0 Å². The largest absolute Gasteiger partial charge is 0.354 e. The molecule has 2 unspecified atom stereocenters. The van der Waals surface area contributed by atoms with Crippen molar-refractivity contribution in [1.82, 2.24) is 15.5 Å². The first-order valence-corrected chi connectivity index (χ1v) is 10.3. The fourth-order valence-corrected chi connectivity index (χ4v) is 4.69. The summed E-state index contributed by atoms with van der Waals surface area (Å²) in [6, 6.07) is 4.67. The van der Waals surface area contributed by atoms with Crippen molar-refractivity contribution in [2.45, 2.75) is 45.1 Å². The summed E-state index contributed by atoms with van der Waals surface area (Å²) >= 11 is 1.81. The van der Waals surface area contributed by atoms with Gasteiger partial charge in [-0.05, 0) is 75.1 Å². The molecule has 0 saturated carbocycles. The molecule has 2 atom stereocenters. The van der Waals surface area contributed by atoms with Gasteiger partial charge < -0.3 is 10.6 Å². The van der Waals surface area contributed by atoms with E-state index in [0.717, 1.165) is 45.1 Å². The highest BCUT2D eigenvalue weighted by atomic mass is 35.5. The normalized spacial score (nSPS) is 22.3. The average Bonchev–Trinajstić information content (AvgIpc) is 3.28. The van der Waals surface area contributed by atoms with Crippen LogP contribution in [0.5, 0.6) is 0 Å². The molecule has 2 N–H and O–H groups in total. The SMILES string of the molecule is CC1CCN(C(CNC(=O)CCC2CCNC2)c2cccs2)CC1.Cl.Cl. The zero-order chi connectivity index (χ0) is 16.8. The number of rotatable bonds is 7. The van der Waals surface area contributed by atoms with Gasteiger partial charge >= 0.3 is 0 Å². The van der Waals surface area contributed by atoms with Crippen molar-refractivity contribution in [3.8, 4) is 0 Å². The fourth-order valence-electron chi connectivity index (χ4n) is 3.83. The van der Waals surface area contributed by atoms with Gasteiger partial charge in [-0.3, -0.25) is 9.69 Å². The lowest BCUT2D eigenvalue weighted by atomic mass is 9.97. The standard InChI is InChI=1S/C19H31N3OS.2ClH/c1-15-7-10-22(11-8-15)17(18-3-2-12-24-18)14-21-19(23)5-4-16-6-9-20-13-16;;/h2-3,12,15-17,20H,4-11,13-14H2,1H3,(H,21,23);2*1H. The minimum Gasteiger partial charge on any atom is -0.354 e. The molecular weight excluding hydrogens is 389 g/mol. The first-order valence-electron chi connectivity index (χ1n) is 9.47. The fraction of sp³-hybridized carbons (Fsp3) is 0.737. The summed E-state index contributed by atoms with van der Waals surface area (Å²) < 4.78 is 0. The third-order valence-electron chi connectivity index (χ3n) is 5.57. The van der Waals surface area contributed by atoms with Crippen LogP contribution >= 0.6 is 36.2 Å². The third-order valence-corrected chi connectivity index (χ3v) is 6.54. The van der Waals surface area contributed by atoms with Gasteiger partial charge in [0.1, 0.15) is 0 Å². The molecule has 0 spiro atoms. The van der Waals surface area contributed by atoms with Crippen LogP contribution in [-0.4, -0.2) is 43.5 Å². The molecule has 0 radical (unpaired) electrons. The van der Waals surface area contributed by atoms with Crippen LogP contribution in [0.4, 0.5) is 0 Å². The van der Waals surface area contributed by atoms with Crippen LogP contribution in [0.25, 0.3) is 0 Å². The maximum Gasteiger partial charge on any atom is 0.220 e. The van der Waals surface area contributed by atoms with Crippen LogP contribution in [0.2, 0.25) is 0 Å². The van der Waals surface area contributed by atoms with Gasteiger partial charge in [0.05, 0.1) is 6.04 Å². The molecule has 2 aliphatic heterocycles. The van der Waals surface area contributed by atoms with E-state index in [-0.39, 0.29) is 30.7 Å². The summed E-state index contributed by atoms with van der Waals surface area (Å²) in [6.07, 6.45) is 5.44. The molecule has 1 aromatic rings. The van der Waals surface area contributed by atoms with Crippen molar-refractivity contribution >= 4 is 42.1 Å². The Kier molecular flexibility index (Phi) is 11.1. The van der Waals surface area contributed by atoms with Crippen molar-refractivity contribution in [3.63, 3.8) is 0 Å². The third kappa shape index (κ3) is 7.01. The zero-order valence-corrected chi connectivity index (χ0v) is 18.1. The molecule has 1 aromatic heterocycles. The van der Waals surface area contributed by atoms with E-state index in [0.29, 0.717) is 18.4 Å². The van der Waals surface area contributed by atoms with Gasteiger partial charge in [-0.25, -0.2) is 0 Å². The van der Waals surface area contributed by atoms with Crippen molar-refractivity contribution in [2.75, 3.05) is 32.7 Å². The quantitative estimate of drug-likeness (QED) is 0.701. The highest BCUT2D eigenvalue weighted by Gasteiger charge is 2.25. The van der Waals surface area contributed by atoms with Gasteiger partial charge in [0, 0.05) is 17.8 Å². The molecule has 0 bridgehead atoms. The first-order chi connectivity index (χ1) is 11.7. The summed E-state index contributed by atoms with van der Waals surface area (Å²) in [7, 11) is 0. The van der Waals surface area contributed by atoms with E-state index in [1.165, 1.54) is 24.1 Å². The lowest BCUT2D eigenvalue weighted by molar-refractivity contribution is -0.121. The monoisotopic (exact) mass is 421 g/mol. The molecule has 7 heteroatoms. The smallest absolute Gasteiger partial charge is 0.220 e. The Bertz CT molecular complexity index is 501. The summed E-state index contributed by atoms with van der Waals surface area (Å²) in [5.74, 6) is 1.74. The second kappa shape index (κ2) is 12.2. The predicted molar refractivity (Wildman–Crippen MR) is 115 cm³/mol. The van der Waals surface area contributed by atoms with E-state index >= 15 is 0 Å². The van der Waals surface area contributed by atoms with Crippen LogP contribution in [-0.2, 0) is 4.79 Å². The zero-order valence-electron chi connectivity index (χ0n) is 15.6. The Morgan fingerprint density at radius 3 is 2.73 bits per heavy atom. The second-order valence-corrected chi connectivity index (χ2v) is 8.43. The molecular formula is C19H33Cl2N3OS. The van der Waals surface area contributed by atoms with Crippen LogP contribution in [0, 0.1) is 11.8 Å². The highest BCUT2D eigenvalue weighted by Crippen LogP contribution is 2.29. The Hall–Kier alpha value is -0.330. The van der Waals surface area contributed by atoms with E-state index in [4.69, 9.17) is 0 Å². The molecule has 0 aromatic carbocycles. The van der Waals surface area contributed by atoms with Crippen LogP contribution in [0.3, 0.4) is 0 Å².